The molecule has 0 aliphatic rings. The van der Waals surface area contributed by atoms with Gasteiger partial charge in [0.25, 0.3) is 0 Å². The number of para-hydroxylation sites is 1. The first-order valence-electron chi connectivity index (χ1n) is 20.1. The van der Waals surface area contributed by atoms with Crippen LogP contribution in [-0.4, -0.2) is 15.0 Å². The summed E-state index contributed by atoms with van der Waals surface area (Å²) in [7, 11) is 0. The maximum Gasteiger partial charge on any atom is 0.160 e. The molecule has 0 fully saturated rings. The molecule has 12 rings (SSSR count). The Morgan fingerprint density at radius 2 is 0.867 bits per heavy atom. The molecule has 3 nitrogen and oxygen atoms in total. The van der Waals surface area contributed by atoms with E-state index in [-0.39, 0.29) is 0 Å². The Kier molecular flexibility index (Phi) is 8.22. The van der Waals surface area contributed by atoms with Crippen molar-refractivity contribution in [3.63, 3.8) is 0 Å². The van der Waals surface area contributed by atoms with E-state index in [1.807, 2.05) is 40.9 Å². The van der Waals surface area contributed by atoms with Crippen LogP contribution in [0.4, 0.5) is 0 Å². The highest BCUT2D eigenvalue weighted by Crippen LogP contribution is 2.46. The predicted molar refractivity (Wildman–Crippen MR) is 256 cm³/mol. The molecule has 0 saturated heterocycles. The Balaban J connectivity index is 1.13. The number of hydrogen-bond acceptors (Lipinski definition) is 5. The molecule has 4 aromatic heterocycles. The van der Waals surface area contributed by atoms with E-state index in [1.54, 1.807) is 0 Å². The molecule has 5 heteroatoms. The van der Waals surface area contributed by atoms with E-state index < -0.39 is 0 Å². The van der Waals surface area contributed by atoms with Gasteiger partial charge < -0.3 is 0 Å². The van der Waals surface area contributed by atoms with Crippen LogP contribution < -0.4 is 0 Å². The third-order valence-electron chi connectivity index (χ3n) is 11.5. The van der Waals surface area contributed by atoms with Crippen molar-refractivity contribution in [2.24, 2.45) is 0 Å². The van der Waals surface area contributed by atoms with E-state index in [0.29, 0.717) is 5.82 Å². The van der Waals surface area contributed by atoms with Crippen molar-refractivity contribution in [2.45, 2.75) is 0 Å². The summed E-state index contributed by atoms with van der Waals surface area (Å²) in [6.07, 6.45) is 0. The molecular formula is C55H33N3S2. The molecule has 8 aromatic carbocycles. The van der Waals surface area contributed by atoms with Gasteiger partial charge in [0.05, 0.1) is 27.3 Å². The summed E-state index contributed by atoms with van der Waals surface area (Å²) < 4.78 is 4.99. The maximum absolute atomic E-state index is 5.48. The first kappa shape index (κ1) is 34.7. The van der Waals surface area contributed by atoms with Crippen LogP contribution >= 0.6 is 22.7 Å². The molecule has 0 radical (unpaired) electrons. The minimum atomic E-state index is 0.685. The highest BCUT2D eigenvalue weighted by atomic mass is 32.1. The van der Waals surface area contributed by atoms with Crippen LogP contribution in [0.25, 0.3) is 119 Å². The zero-order valence-electron chi connectivity index (χ0n) is 32.2. The molecule has 0 aliphatic heterocycles. The number of rotatable bonds is 6. The van der Waals surface area contributed by atoms with Crippen molar-refractivity contribution in [1.82, 2.24) is 15.0 Å². The summed E-state index contributed by atoms with van der Waals surface area (Å²) in [6.45, 7) is 0. The molecule has 12 aromatic rings. The SMILES string of the molecule is c1ccc(-c2ccc(-c3cc(-c4cc(-c5cccc6c5sc5ccccc56)cc(-c5nc6ccccc6c6c5sc5ccccc56)c4)nc(-c4ccccc4)n3)cc2)cc1. The zero-order valence-corrected chi connectivity index (χ0v) is 33.8. The Morgan fingerprint density at radius 3 is 1.65 bits per heavy atom. The number of fused-ring (bicyclic) bond motifs is 8. The van der Waals surface area contributed by atoms with Crippen molar-refractivity contribution in [2.75, 3.05) is 0 Å². The summed E-state index contributed by atoms with van der Waals surface area (Å²) in [6, 6.07) is 71.3. The lowest BCUT2D eigenvalue weighted by molar-refractivity contribution is 1.18. The fourth-order valence-corrected chi connectivity index (χ4v) is 11.1. The van der Waals surface area contributed by atoms with Gasteiger partial charge in [-0.2, -0.15) is 0 Å². The fraction of sp³-hybridized carbons (Fsp3) is 0. The molecule has 0 atom stereocenters. The molecule has 0 spiro atoms. The Morgan fingerprint density at radius 1 is 0.317 bits per heavy atom. The predicted octanol–water partition coefficient (Wildman–Crippen LogP) is 15.8. The Bertz CT molecular complexity index is 3590. The van der Waals surface area contributed by atoms with Gasteiger partial charge in [0, 0.05) is 63.3 Å². The molecule has 0 saturated carbocycles. The third kappa shape index (κ3) is 5.90. The number of hydrogen-bond donors (Lipinski definition) is 0. The van der Waals surface area contributed by atoms with Gasteiger partial charge in [-0.25, -0.2) is 15.0 Å². The summed E-state index contributed by atoms with van der Waals surface area (Å²) in [5.41, 5.74) is 12.4. The summed E-state index contributed by atoms with van der Waals surface area (Å²) in [4.78, 5) is 16.0. The van der Waals surface area contributed by atoms with Crippen molar-refractivity contribution >= 4 is 73.9 Å². The van der Waals surface area contributed by atoms with Crippen LogP contribution in [0.1, 0.15) is 0 Å². The molecule has 0 bridgehead atoms. The molecular weight excluding hydrogens is 767 g/mol. The Labute approximate surface area is 354 Å². The van der Waals surface area contributed by atoms with Gasteiger partial charge in [0.2, 0.25) is 0 Å². The summed E-state index contributed by atoms with van der Waals surface area (Å²) in [5, 5.41) is 6.24. The topological polar surface area (TPSA) is 38.7 Å². The number of benzene rings is 8. The third-order valence-corrected chi connectivity index (χ3v) is 13.9. The number of pyridine rings is 1. The molecule has 0 unspecified atom stereocenters. The second-order valence-corrected chi connectivity index (χ2v) is 17.2. The summed E-state index contributed by atoms with van der Waals surface area (Å²) in [5.74, 6) is 0.685. The van der Waals surface area contributed by atoms with E-state index in [0.717, 1.165) is 50.4 Å². The largest absolute Gasteiger partial charge is 0.246 e. The molecule has 0 amide bonds. The van der Waals surface area contributed by atoms with Crippen molar-refractivity contribution in [1.29, 1.82) is 0 Å². The van der Waals surface area contributed by atoms with Crippen molar-refractivity contribution < 1.29 is 0 Å². The fourth-order valence-electron chi connectivity index (χ4n) is 8.59. The van der Waals surface area contributed by atoms with Gasteiger partial charge in [-0.1, -0.05) is 158 Å². The molecule has 0 N–H and O–H groups in total. The van der Waals surface area contributed by atoms with Crippen LogP contribution in [0.15, 0.2) is 200 Å². The smallest absolute Gasteiger partial charge is 0.160 e. The number of aromatic nitrogens is 3. The maximum atomic E-state index is 5.48. The van der Waals surface area contributed by atoms with E-state index in [9.17, 15) is 0 Å². The van der Waals surface area contributed by atoms with Crippen molar-refractivity contribution in [3.8, 4) is 67.4 Å². The van der Waals surface area contributed by atoms with Crippen LogP contribution in [-0.2, 0) is 0 Å². The average molecular weight is 800 g/mol. The lowest BCUT2D eigenvalue weighted by Crippen LogP contribution is -1.97. The lowest BCUT2D eigenvalue weighted by atomic mass is 9.94. The van der Waals surface area contributed by atoms with Gasteiger partial charge in [-0.3, -0.25) is 0 Å². The lowest BCUT2D eigenvalue weighted by Gasteiger charge is -2.14. The molecule has 4 heterocycles. The second kappa shape index (κ2) is 14.2. The van der Waals surface area contributed by atoms with Gasteiger partial charge in [-0.15, -0.1) is 22.7 Å². The van der Waals surface area contributed by atoms with Crippen LogP contribution in [0.2, 0.25) is 0 Å². The first-order valence-corrected chi connectivity index (χ1v) is 21.7. The zero-order chi connectivity index (χ0) is 39.6. The van der Waals surface area contributed by atoms with Gasteiger partial charge >= 0.3 is 0 Å². The minimum absolute atomic E-state index is 0.685. The van der Waals surface area contributed by atoms with Crippen LogP contribution in [0.3, 0.4) is 0 Å². The highest BCUT2D eigenvalue weighted by Gasteiger charge is 2.20. The Hall–Kier alpha value is -7.31. The van der Waals surface area contributed by atoms with Crippen molar-refractivity contribution in [3.05, 3.63) is 200 Å². The van der Waals surface area contributed by atoms with Gasteiger partial charge in [-0.05, 0) is 64.7 Å². The standard InChI is InChI=1S/C55H33N3S2/c1-3-14-34(15-4-1)35-26-28-36(29-27-35)47-33-48(58-55(57-47)37-16-5-2-6-17-37)39-30-38(41-21-13-22-43-42-18-8-11-24-49(42)59-53(41)43)31-40(32-39)52-54-51(44-19-7-10-23-46(44)56-52)45-20-9-12-25-50(45)60-54/h1-33H. The number of nitrogens with zero attached hydrogens (tertiary/aromatic N) is 3. The second-order valence-electron chi connectivity index (χ2n) is 15.1. The molecule has 0 aliphatic carbocycles. The van der Waals surface area contributed by atoms with Gasteiger partial charge in [0.15, 0.2) is 5.82 Å². The molecule has 60 heavy (non-hydrogen) atoms. The molecule has 280 valence electrons. The number of thiophene rings is 2. The minimum Gasteiger partial charge on any atom is -0.246 e. The van der Waals surface area contributed by atoms with E-state index in [1.165, 1.54) is 62.4 Å². The quantitative estimate of drug-likeness (QED) is 0.168. The average Bonchev–Trinajstić information content (AvgIpc) is 3.91. The van der Waals surface area contributed by atoms with E-state index in [2.05, 4.69) is 182 Å². The van der Waals surface area contributed by atoms with Crippen LogP contribution in [0, 0.1) is 0 Å². The van der Waals surface area contributed by atoms with E-state index >= 15 is 0 Å². The summed E-state index contributed by atoms with van der Waals surface area (Å²) >= 11 is 3.67. The normalized spacial score (nSPS) is 11.7. The monoisotopic (exact) mass is 799 g/mol. The van der Waals surface area contributed by atoms with Gasteiger partial charge in [0.1, 0.15) is 0 Å². The van der Waals surface area contributed by atoms with Crippen LogP contribution in [0.5, 0.6) is 0 Å². The highest BCUT2D eigenvalue weighted by molar-refractivity contribution is 7.26. The van der Waals surface area contributed by atoms with E-state index in [4.69, 9.17) is 15.0 Å². The first-order chi connectivity index (χ1) is 29.7.